The molecule has 2 aromatic rings. The number of guanidine groups is 1. The number of halogens is 1. The first kappa shape index (κ1) is 21.7. The highest BCUT2D eigenvalue weighted by Crippen LogP contribution is 2.16. The van der Waals surface area contributed by atoms with Gasteiger partial charge in [0, 0.05) is 32.0 Å². The van der Waals surface area contributed by atoms with Crippen molar-refractivity contribution in [1.82, 2.24) is 25.4 Å². The number of rotatable bonds is 5. The topological polar surface area (TPSA) is 67.1 Å². The number of nitrogens with one attached hydrogen (secondary N) is 2. The predicted molar refractivity (Wildman–Crippen MR) is 121 cm³/mol. The molecule has 0 bridgehead atoms. The van der Waals surface area contributed by atoms with Crippen molar-refractivity contribution in [2.24, 2.45) is 4.99 Å². The third-order valence-electron chi connectivity index (χ3n) is 4.78. The fourth-order valence-corrected chi connectivity index (χ4v) is 3.16. The van der Waals surface area contributed by atoms with Crippen molar-refractivity contribution in [3.05, 3.63) is 47.0 Å². The van der Waals surface area contributed by atoms with Gasteiger partial charge in [0.2, 0.25) is 0 Å². The Kier molecular flexibility index (Phi) is 8.07. The number of hydrogen-bond acceptors (Lipinski definition) is 3. The Morgan fingerprint density at radius 1 is 1.30 bits per heavy atom. The summed E-state index contributed by atoms with van der Waals surface area (Å²) >= 11 is 0. The molecule has 148 valence electrons. The number of aromatic nitrogens is 3. The van der Waals surface area contributed by atoms with Crippen LogP contribution in [0.25, 0.3) is 0 Å². The first-order chi connectivity index (χ1) is 12.5. The minimum atomic E-state index is 0. The second kappa shape index (κ2) is 10.1. The molecule has 3 rings (SSSR count). The molecule has 0 radical (unpaired) electrons. The molecular formula is C20H31IN6. The molecule has 1 unspecified atom stereocenters. The molecule has 0 fully saturated rings. The molecule has 2 heterocycles. The maximum absolute atomic E-state index is 4.65. The molecule has 0 saturated heterocycles. The molecule has 6 nitrogen and oxygen atoms in total. The number of nitrogens with zero attached hydrogens (tertiary/aromatic N) is 4. The number of aryl methyl sites for hydroxylation is 2. The van der Waals surface area contributed by atoms with E-state index in [1.54, 1.807) is 0 Å². The summed E-state index contributed by atoms with van der Waals surface area (Å²) < 4.78 is 2.05. The van der Waals surface area contributed by atoms with Crippen molar-refractivity contribution in [2.45, 2.75) is 58.5 Å². The van der Waals surface area contributed by atoms with Gasteiger partial charge in [-0.1, -0.05) is 43.7 Å². The maximum atomic E-state index is 4.65. The Hall–Kier alpha value is -1.64. The summed E-state index contributed by atoms with van der Waals surface area (Å²) in [6, 6.07) is 9.02. The summed E-state index contributed by atoms with van der Waals surface area (Å²) in [7, 11) is 1.82. The molecule has 1 aromatic carbocycles. The van der Waals surface area contributed by atoms with E-state index in [-0.39, 0.29) is 24.0 Å². The normalized spacial score (nSPS) is 16.6. The van der Waals surface area contributed by atoms with E-state index in [1.165, 1.54) is 11.1 Å². The van der Waals surface area contributed by atoms with Gasteiger partial charge in [0.05, 0.1) is 6.54 Å². The lowest BCUT2D eigenvalue weighted by Gasteiger charge is -2.25. The lowest BCUT2D eigenvalue weighted by molar-refractivity contribution is 0.391. The summed E-state index contributed by atoms with van der Waals surface area (Å²) in [4.78, 5) is 9.02. The summed E-state index contributed by atoms with van der Waals surface area (Å²) in [5, 5.41) is 11.6. The van der Waals surface area contributed by atoms with Crippen molar-refractivity contribution >= 4 is 29.9 Å². The largest absolute Gasteiger partial charge is 0.356 e. The van der Waals surface area contributed by atoms with Crippen molar-refractivity contribution in [1.29, 1.82) is 0 Å². The van der Waals surface area contributed by atoms with E-state index in [2.05, 4.69) is 75.4 Å². The van der Waals surface area contributed by atoms with Gasteiger partial charge in [0.25, 0.3) is 0 Å². The van der Waals surface area contributed by atoms with Crippen LogP contribution in [0.3, 0.4) is 0 Å². The van der Waals surface area contributed by atoms with E-state index in [0.717, 1.165) is 50.0 Å². The van der Waals surface area contributed by atoms with Gasteiger partial charge in [-0.25, -0.2) is 9.67 Å². The van der Waals surface area contributed by atoms with Gasteiger partial charge in [-0.15, -0.1) is 24.0 Å². The molecule has 0 amide bonds. The fraction of sp³-hybridized carbons (Fsp3) is 0.550. The van der Waals surface area contributed by atoms with E-state index in [4.69, 9.17) is 0 Å². The summed E-state index contributed by atoms with van der Waals surface area (Å²) in [6.07, 6.45) is 2.99. The predicted octanol–water partition coefficient (Wildman–Crippen LogP) is 3.05. The maximum Gasteiger partial charge on any atom is 0.191 e. The highest BCUT2D eigenvalue weighted by atomic mass is 127. The zero-order valence-corrected chi connectivity index (χ0v) is 19.0. The smallest absolute Gasteiger partial charge is 0.191 e. The van der Waals surface area contributed by atoms with Gasteiger partial charge in [0.15, 0.2) is 11.8 Å². The quantitative estimate of drug-likeness (QED) is 0.391. The third kappa shape index (κ3) is 5.92. The van der Waals surface area contributed by atoms with E-state index in [1.807, 2.05) is 7.05 Å². The van der Waals surface area contributed by atoms with Crippen LogP contribution in [0.5, 0.6) is 0 Å². The average molecular weight is 482 g/mol. The highest BCUT2D eigenvalue weighted by molar-refractivity contribution is 14.0. The van der Waals surface area contributed by atoms with Crippen LogP contribution in [-0.2, 0) is 19.4 Å². The Balaban J connectivity index is 0.00000261. The molecule has 2 N–H and O–H groups in total. The van der Waals surface area contributed by atoms with Crippen molar-refractivity contribution < 1.29 is 0 Å². The minimum absolute atomic E-state index is 0. The van der Waals surface area contributed by atoms with E-state index in [9.17, 15) is 0 Å². The van der Waals surface area contributed by atoms with E-state index in [0.29, 0.717) is 12.0 Å². The van der Waals surface area contributed by atoms with Gasteiger partial charge < -0.3 is 10.6 Å². The first-order valence-electron chi connectivity index (χ1n) is 9.51. The molecule has 7 heteroatoms. The molecule has 0 saturated carbocycles. The first-order valence-corrected chi connectivity index (χ1v) is 9.51. The highest BCUT2D eigenvalue weighted by Gasteiger charge is 2.23. The van der Waals surface area contributed by atoms with Crippen LogP contribution in [-0.4, -0.2) is 40.4 Å². The van der Waals surface area contributed by atoms with E-state index < -0.39 is 0 Å². The Morgan fingerprint density at radius 3 is 2.70 bits per heavy atom. The van der Waals surface area contributed by atoms with Crippen LogP contribution < -0.4 is 10.6 Å². The summed E-state index contributed by atoms with van der Waals surface area (Å²) in [5.74, 6) is 3.28. The third-order valence-corrected chi connectivity index (χ3v) is 4.78. The number of hydrogen-bond donors (Lipinski definition) is 2. The molecule has 0 aliphatic carbocycles. The lowest BCUT2D eigenvalue weighted by Crippen LogP contribution is -2.47. The molecular weight excluding hydrogens is 451 g/mol. The second-order valence-corrected chi connectivity index (χ2v) is 7.34. The van der Waals surface area contributed by atoms with Crippen molar-refractivity contribution in [2.75, 3.05) is 13.6 Å². The number of benzene rings is 1. The molecule has 1 atom stereocenters. The second-order valence-electron chi connectivity index (χ2n) is 7.34. The standard InChI is InChI=1S/C20H30N6.HI/c1-14(2)19-24-18-10-9-17(13-26(18)25-19)23-20(21-4)22-12-11-16-7-5-15(3)6-8-16;/h5-8,14,17H,9-13H2,1-4H3,(H2,21,22,23);1H. The van der Waals surface area contributed by atoms with Gasteiger partial charge in [-0.3, -0.25) is 4.99 Å². The SMILES string of the molecule is CN=C(NCCc1ccc(C)cc1)NC1CCc2nc(C(C)C)nn2C1.I. The van der Waals surface area contributed by atoms with Crippen LogP contribution >= 0.6 is 24.0 Å². The lowest BCUT2D eigenvalue weighted by atomic mass is 10.1. The Bertz CT molecular complexity index is 750. The zero-order valence-electron chi connectivity index (χ0n) is 16.7. The van der Waals surface area contributed by atoms with Crippen LogP contribution in [0.1, 0.15) is 49.0 Å². The Morgan fingerprint density at radius 2 is 2.04 bits per heavy atom. The van der Waals surface area contributed by atoms with Gasteiger partial charge in [0.1, 0.15) is 5.82 Å². The van der Waals surface area contributed by atoms with Crippen molar-refractivity contribution in [3.63, 3.8) is 0 Å². The van der Waals surface area contributed by atoms with Crippen LogP contribution in [0.2, 0.25) is 0 Å². The van der Waals surface area contributed by atoms with Crippen LogP contribution in [0.15, 0.2) is 29.3 Å². The van der Waals surface area contributed by atoms with Gasteiger partial charge in [-0.05, 0) is 25.3 Å². The summed E-state index contributed by atoms with van der Waals surface area (Å²) in [5.41, 5.74) is 2.63. The van der Waals surface area contributed by atoms with Crippen molar-refractivity contribution in [3.8, 4) is 0 Å². The van der Waals surface area contributed by atoms with Crippen LogP contribution in [0.4, 0.5) is 0 Å². The minimum Gasteiger partial charge on any atom is -0.356 e. The molecule has 1 aliphatic heterocycles. The average Bonchev–Trinajstić information content (AvgIpc) is 3.06. The zero-order chi connectivity index (χ0) is 18.5. The fourth-order valence-electron chi connectivity index (χ4n) is 3.16. The molecule has 27 heavy (non-hydrogen) atoms. The number of fused-ring (bicyclic) bond motifs is 1. The molecule has 1 aromatic heterocycles. The van der Waals surface area contributed by atoms with Gasteiger partial charge in [-0.2, -0.15) is 5.10 Å². The molecule has 1 aliphatic rings. The molecule has 0 spiro atoms. The number of aliphatic imine (C=N–C) groups is 1. The Labute approximate surface area is 179 Å². The van der Waals surface area contributed by atoms with E-state index >= 15 is 0 Å². The summed E-state index contributed by atoms with van der Waals surface area (Å²) in [6.45, 7) is 8.09. The van der Waals surface area contributed by atoms with Gasteiger partial charge >= 0.3 is 0 Å². The van der Waals surface area contributed by atoms with Crippen LogP contribution in [0, 0.1) is 6.92 Å². The monoisotopic (exact) mass is 482 g/mol.